The van der Waals surface area contributed by atoms with Gasteiger partial charge in [-0.2, -0.15) is 18.3 Å². The lowest BCUT2D eigenvalue weighted by Gasteiger charge is -2.32. The highest BCUT2D eigenvalue weighted by molar-refractivity contribution is 7.22. The average Bonchev–Trinajstić information content (AvgIpc) is 3.27. The van der Waals surface area contributed by atoms with Gasteiger partial charge in [0.05, 0.1) is 27.5 Å². The summed E-state index contributed by atoms with van der Waals surface area (Å²) in [4.78, 5) is 18.6. The third kappa shape index (κ3) is 3.68. The fourth-order valence-corrected chi connectivity index (χ4v) is 4.40. The summed E-state index contributed by atoms with van der Waals surface area (Å²) in [6, 6.07) is 4.01. The van der Waals surface area contributed by atoms with Crippen molar-refractivity contribution < 1.29 is 18.0 Å². The number of hydrogen-bond donors (Lipinski definition) is 1. The van der Waals surface area contributed by atoms with Crippen LogP contribution in [0.1, 0.15) is 28.8 Å². The Morgan fingerprint density at radius 2 is 2.18 bits per heavy atom. The number of rotatable bonds is 3. The third-order valence-corrected chi connectivity index (χ3v) is 5.79. The highest BCUT2D eigenvalue weighted by atomic mass is 32.1. The molecule has 0 spiro atoms. The van der Waals surface area contributed by atoms with Crippen molar-refractivity contribution in [3.63, 3.8) is 0 Å². The third-order valence-electron chi connectivity index (χ3n) is 4.71. The van der Waals surface area contributed by atoms with E-state index >= 15 is 0 Å². The van der Waals surface area contributed by atoms with Crippen LogP contribution in [0.25, 0.3) is 10.2 Å². The van der Waals surface area contributed by atoms with Gasteiger partial charge in [-0.05, 0) is 25.0 Å². The molecule has 1 amide bonds. The van der Waals surface area contributed by atoms with Crippen LogP contribution in [0.5, 0.6) is 0 Å². The Kier molecular flexibility index (Phi) is 4.74. The van der Waals surface area contributed by atoms with Crippen LogP contribution >= 0.6 is 11.3 Å². The summed E-state index contributed by atoms with van der Waals surface area (Å²) in [5.74, 6) is -0.205. The first-order valence-corrected chi connectivity index (χ1v) is 9.64. The van der Waals surface area contributed by atoms with Crippen LogP contribution in [0.4, 0.5) is 18.3 Å². The largest absolute Gasteiger partial charge is 0.418 e. The number of aryl methyl sites for hydroxylation is 1. The molecule has 0 saturated carbocycles. The molecule has 1 aromatic carbocycles. The normalized spacial score (nSPS) is 17.9. The average molecular weight is 409 g/mol. The van der Waals surface area contributed by atoms with E-state index in [1.807, 2.05) is 4.90 Å². The van der Waals surface area contributed by atoms with Gasteiger partial charge in [-0.1, -0.05) is 17.4 Å². The Balaban J connectivity index is 1.52. The van der Waals surface area contributed by atoms with Gasteiger partial charge in [-0.15, -0.1) is 0 Å². The maximum Gasteiger partial charge on any atom is 0.418 e. The van der Waals surface area contributed by atoms with Crippen LogP contribution in [0.3, 0.4) is 0 Å². The number of fused-ring (bicyclic) bond motifs is 1. The SMILES string of the molecule is Cn1cc(C(=O)NC2CCCN(c3nc4c(C(F)(F)F)cccc4s3)C2)cn1. The molecule has 28 heavy (non-hydrogen) atoms. The number of piperidine rings is 1. The predicted octanol–water partition coefficient (Wildman–Crippen LogP) is 3.45. The predicted molar refractivity (Wildman–Crippen MR) is 101 cm³/mol. The Labute approximate surface area is 163 Å². The number of carbonyl (C=O) groups is 1. The van der Waals surface area contributed by atoms with Gasteiger partial charge >= 0.3 is 6.18 Å². The minimum atomic E-state index is -4.44. The number of hydrogen-bond acceptors (Lipinski definition) is 5. The standard InChI is InChI=1S/C18H18F3N5OS/c1-25-9-11(8-22-25)16(27)23-12-4-3-7-26(10-12)17-24-15-13(18(19,20)21)5-2-6-14(15)28-17/h2,5-6,8-9,12H,3-4,7,10H2,1H3,(H,23,27). The topological polar surface area (TPSA) is 63.1 Å². The molecule has 3 heterocycles. The molecule has 3 aromatic rings. The van der Waals surface area contributed by atoms with Crippen LogP contribution in [0.2, 0.25) is 0 Å². The van der Waals surface area contributed by atoms with Crippen LogP contribution < -0.4 is 10.2 Å². The summed E-state index contributed by atoms with van der Waals surface area (Å²) in [6.45, 7) is 1.20. The molecule has 10 heteroatoms. The molecule has 1 aliphatic heterocycles. The van der Waals surface area contributed by atoms with E-state index in [0.29, 0.717) is 28.5 Å². The summed E-state index contributed by atoms with van der Waals surface area (Å²) >= 11 is 1.24. The first kappa shape index (κ1) is 18.7. The fraction of sp³-hybridized carbons (Fsp3) is 0.389. The number of amides is 1. The second-order valence-corrected chi connectivity index (χ2v) is 7.82. The Hall–Kier alpha value is -2.62. The van der Waals surface area contributed by atoms with Crippen LogP contribution in [-0.2, 0) is 13.2 Å². The second kappa shape index (κ2) is 7.08. The fourth-order valence-electron chi connectivity index (χ4n) is 3.38. The summed E-state index contributed by atoms with van der Waals surface area (Å²) in [5.41, 5.74) is -0.253. The van der Waals surface area contributed by atoms with Gasteiger partial charge in [0, 0.05) is 32.4 Å². The van der Waals surface area contributed by atoms with Gasteiger partial charge in [0.15, 0.2) is 5.13 Å². The monoisotopic (exact) mass is 409 g/mol. The van der Waals surface area contributed by atoms with E-state index in [1.165, 1.54) is 23.6 Å². The first-order valence-electron chi connectivity index (χ1n) is 8.82. The number of aromatic nitrogens is 3. The molecule has 4 rings (SSSR count). The highest BCUT2D eigenvalue weighted by Gasteiger charge is 2.34. The smallest absolute Gasteiger partial charge is 0.347 e. The number of benzene rings is 1. The molecule has 1 atom stereocenters. The molecule has 2 aromatic heterocycles. The number of halogens is 3. The number of para-hydroxylation sites is 1. The first-order chi connectivity index (χ1) is 13.3. The number of anilines is 1. The molecule has 1 aliphatic rings. The zero-order valence-electron chi connectivity index (χ0n) is 15.0. The lowest BCUT2D eigenvalue weighted by atomic mass is 10.1. The van der Waals surface area contributed by atoms with Crippen molar-refractivity contribution in [2.45, 2.75) is 25.1 Å². The summed E-state index contributed by atoms with van der Waals surface area (Å²) < 4.78 is 41.8. The molecular formula is C18H18F3N5OS. The van der Waals surface area contributed by atoms with Crippen molar-refractivity contribution in [2.75, 3.05) is 18.0 Å². The van der Waals surface area contributed by atoms with Crippen molar-refractivity contribution in [3.05, 3.63) is 41.7 Å². The minimum absolute atomic E-state index is 0.0171. The summed E-state index contributed by atoms with van der Waals surface area (Å²) in [6.07, 6.45) is 0.332. The molecule has 0 radical (unpaired) electrons. The second-order valence-electron chi connectivity index (χ2n) is 6.81. The maximum absolute atomic E-state index is 13.2. The van der Waals surface area contributed by atoms with Crippen molar-refractivity contribution in [1.29, 1.82) is 0 Å². The van der Waals surface area contributed by atoms with Gasteiger partial charge in [-0.3, -0.25) is 9.48 Å². The van der Waals surface area contributed by atoms with Crippen LogP contribution in [0, 0.1) is 0 Å². The summed E-state index contributed by atoms with van der Waals surface area (Å²) in [7, 11) is 1.74. The zero-order valence-corrected chi connectivity index (χ0v) is 15.8. The van der Waals surface area contributed by atoms with Gasteiger partial charge in [0.25, 0.3) is 5.91 Å². The van der Waals surface area contributed by atoms with E-state index in [1.54, 1.807) is 24.0 Å². The van der Waals surface area contributed by atoms with Crippen molar-refractivity contribution in [3.8, 4) is 0 Å². The summed E-state index contributed by atoms with van der Waals surface area (Å²) in [5, 5.41) is 7.52. The van der Waals surface area contributed by atoms with E-state index in [4.69, 9.17) is 0 Å². The van der Waals surface area contributed by atoms with E-state index in [9.17, 15) is 18.0 Å². The molecule has 1 unspecified atom stereocenters. The van der Waals surface area contributed by atoms with Gasteiger partial charge in [-0.25, -0.2) is 4.98 Å². The number of nitrogens with one attached hydrogen (secondary N) is 1. The van der Waals surface area contributed by atoms with Crippen LogP contribution in [-0.4, -0.2) is 39.8 Å². The molecule has 1 saturated heterocycles. The number of alkyl halides is 3. The van der Waals surface area contributed by atoms with E-state index in [2.05, 4.69) is 15.4 Å². The van der Waals surface area contributed by atoms with Crippen LogP contribution in [0.15, 0.2) is 30.6 Å². The molecule has 0 bridgehead atoms. The Morgan fingerprint density at radius 3 is 2.89 bits per heavy atom. The van der Waals surface area contributed by atoms with E-state index in [-0.39, 0.29) is 17.5 Å². The molecule has 6 nitrogen and oxygen atoms in total. The molecule has 148 valence electrons. The molecule has 1 fully saturated rings. The Bertz CT molecular complexity index is 1010. The highest BCUT2D eigenvalue weighted by Crippen LogP contribution is 2.38. The lowest BCUT2D eigenvalue weighted by Crippen LogP contribution is -2.47. The zero-order chi connectivity index (χ0) is 19.9. The number of carbonyl (C=O) groups excluding carboxylic acids is 1. The molecule has 1 N–H and O–H groups in total. The number of nitrogens with zero attached hydrogens (tertiary/aromatic N) is 4. The quantitative estimate of drug-likeness (QED) is 0.720. The number of thiazole rings is 1. The molecule has 0 aliphatic carbocycles. The molecular weight excluding hydrogens is 391 g/mol. The van der Waals surface area contributed by atoms with E-state index < -0.39 is 11.7 Å². The van der Waals surface area contributed by atoms with Gasteiger partial charge in [0.2, 0.25) is 0 Å². The Morgan fingerprint density at radius 1 is 1.36 bits per heavy atom. The lowest BCUT2D eigenvalue weighted by molar-refractivity contribution is -0.136. The maximum atomic E-state index is 13.2. The van der Waals surface area contributed by atoms with E-state index in [0.717, 1.165) is 18.9 Å². The van der Waals surface area contributed by atoms with Gasteiger partial charge < -0.3 is 10.2 Å². The van der Waals surface area contributed by atoms with Crippen molar-refractivity contribution >= 4 is 32.6 Å². The van der Waals surface area contributed by atoms with Crippen molar-refractivity contribution in [2.24, 2.45) is 7.05 Å². The van der Waals surface area contributed by atoms with Gasteiger partial charge in [0.1, 0.15) is 0 Å². The van der Waals surface area contributed by atoms with Crippen molar-refractivity contribution in [1.82, 2.24) is 20.1 Å². The minimum Gasteiger partial charge on any atom is -0.347 e.